The van der Waals surface area contributed by atoms with Gasteiger partial charge >= 0.3 is 0 Å². The second-order valence-corrected chi connectivity index (χ2v) is 16.5. The van der Waals surface area contributed by atoms with Crippen LogP contribution < -0.4 is 0 Å². The van der Waals surface area contributed by atoms with Gasteiger partial charge in [0.2, 0.25) is 5.95 Å². The Balaban J connectivity index is 0.961. The van der Waals surface area contributed by atoms with Gasteiger partial charge in [-0.1, -0.05) is 164 Å². The summed E-state index contributed by atoms with van der Waals surface area (Å²) in [7, 11) is 0. The van der Waals surface area contributed by atoms with E-state index < -0.39 is 0 Å². The van der Waals surface area contributed by atoms with Crippen molar-refractivity contribution in [2.24, 2.45) is 0 Å². The average Bonchev–Trinajstić information content (AvgIpc) is 3.88. The summed E-state index contributed by atoms with van der Waals surface area (Å²) in [6, 6.07) is 80.1. The number of para-hydroxylation sites is 2. The molecule has 0 fully saturated rings. The molecule has 0 aliphatic rings. The van der Waals surface area contributed by atoms with Gasteiger partial charge in [-0.25, -0.2) is 4.98 Å². The summed E-state index contributed by atoms with van der Waals surface area (Å²) >= 11 is 0. The van der Waals surface area contributed by atoms with Gasteiger partial charge in [0.15, 0.2) is 11.6 Å². The Morgan fingerprint density at radius 2 is 0.672 bits per heavy atom. The molecule has 0 saturated heterocycles. The molecule has 0 saturated carbocycles. The highest BCUT2D eigenvalue weighted by molar-refractivity contribution is 6.12. The van der Waals surface area contributed by atoms with Crippen molar-refractivity contribution in [1.29, 1.82) is 0 Å². The van der Waals surface area contributed by atoms with Gasteiger partial charge < -0.3 is 4.57 Å². The molecule has 13 aromatic rings. The molecule has 3 heterocycles. The highest BCUT2D eigenvalue weighted by Gasteiger charge is 2.20. The molecule has 0 atom stereocenters. The minimum Gasteiger partial charge on any atom is -0.309 e. The number of hydrogen-bond donors (Lipinski definition) is 0. The van der Waals surface area contributed by atoms with Gasteiger partial charge in [0, 0.05) is 38.4 Å². The largest absolute Gasteiger partial charge is 0.309 e. The smallest absolute Gasteiger partial charge is 0.238 e. The van der Waals surface area contributed by atoms with E-state index in [0.717, 1.165) is 60.5 Å². The predicted molar refractivity (Wildman–Crippen MR) is 265 cm³/mol. The van der Waals surface area contributed by atoms with Crippen LogP contribution in [0.25, 0.3) is 122 Å². The van der Waals surface area contributed by atoms with Gasteiger partial charge in [-0.05, 0) is 104 Å². The molecule has 10 aromatic carbocycles. The first-order valence-electron chi connectivity index (χ1n) is 21.7. The van der Waals surface area contributed by atoms with E-state index >= 15 is 0 Å². The Bertz CT molecular complexity index is 3860. The van der Waals surface area contributed by atoms with Crippen LogP contribution >= 0.6 is 0 Å². The Labute approximate surface area is 368 Å². The summed E-state index contributed by atoms with van der Waals surface area (Å²) < 4.78 is 4.58. The normalized spacial score (nSPS) is 11.8. The van der Waals surface area contributed by atoms with Crippen LogP contribution in [0.5, 0.6) is 0 Å². The summed E-state index contributed by atoms with van der Waals surface area (Å²) in [5.41, 5.74) is 12.2. The second-order valence-electron chi connectivity index (χ2n) is 16.5. The van der Waals surface area contributed by atoms with Crippen molar-refractivity contribution < 1.29 is 0 Å². The van der Waals surface area contributed by atoms with E-state index in [1.807, 2.05) is 0 Å². The van der Waals surface area contributed by atoms with Crippen LogP contribution in [-0.2, 0) is 0 Å². The van der Waals surface area contributed by atoms with Crippen molar-refractivity contribution in [2.75, 3.05) is 0 Å². The Morgan fingerprint density at radius 1 is 0.250 bits per heavy atom. The number of rotatable bonds is 6. The van der Waals surface area contributed by atoms with Crippen molar-refractivity contribution in [3.05, 3.63) is 224 Å². The van der Waals surface area contributed by atoms with Crippen molar-refractivity contribution in [3.8, 4) is 56.7 Å². The van der Waals surface area contributed by atoms with Crippen LogP contribution in [0, 0.1) is 0 Å². The van der Waals surface area contributed by atoms with Crippen LogP contribution in [0.15, 0.2) is 224 Å². The first-order valence-corrected chi connectivity index (χ1v) is 21.7. The molecule has 0 aliphatic heterocycles. The maximum Gasteiger partial charge on any atom is 0.238 e. The monoisotopic (exact) mass is 815 g/mol. The van der Waals surface area contributed by atoms with E-state index in [-0.39, 0.29) is 0 Å². The molecule has 298 valence electrons. The standard InChI is InChI=1S/C59H37N5/c1-2-12-38(13-3-1)41-26-30-48(31-27-41)63-53-20-10-8-18-49(53)51-36-44(28-32-55(51)63)45-29-33-56-52(37-45)50-19-9-11-21-54(50)64(56)59-61-57(46-24-22-39-14-4-6-16-42(39)34-46)60-58(62-59)47-25-23-40-15-5-7-17-43(40)35-47/h1-37H. The third kappa shape index (κ3) is 5.90. The van der Waals surface area contributed by atoms with E-state index in [0.29, 0.717) is 17.6 Å². The van der Waals surface area contributed by atoms with E-state index in [1.54, 1.807) is 0 Å². The van der Waals surface area contributed by atoms with Gasteiger partial charge in [-0.3, -0.25) is 4.57 Å². The van der Waals surface area contributed by atoms with E-state index in [2.05, 4.69) is 234 Å². The molecule has 0 radical (unpaired) electrons. The lowest BCUT2D eigenvalue weighted by atomic mass is 10.0. The molecule has 5 nitrogen and oxygen atoms in total. The van der Waals surface area contributed by atoms with Crippen LogP contribution in [0.4, 0.5) is 0 Å². The molecule has 3 aromatic heterocycles. The number of fused-ring (bicyclic) bond motifs is 8. The van der Waals surface area contributed by atoms with Gasteiger partial charge in [0.1, 0.15) is 0 Å². The lowest BCUT2D eigenvalue weighted by molar-refractivity contribution is 0.954. The zero-order valence-corrected chi connectivity index (χ0v) is 34.6. The first-order chi connectivity index (χ1) is 31.7. The molecule has 13 rings (SSSR count). The number of nitrogens with zero attached hydrogens (tertiary/aromatic N) is 5. The molecule has 0 N–H and O–H groups in total. The Morgan fingerprint density at radius 3 is 1.25 bits per heavy atom. The summed E-state index contributed by atoms with van der Waals surface area (Å²) in [5, 5.41) is 9.33. The number of aromatic nitrogens is 5. The van der Waals surface area contributed by atoms with Crippen LogP contribution in [-0.4, -0.2) is 24.1 Å². The summed E-state index contributed by atoms with van der Waals surface area (Å²) in [4.78, 5) is 15.7. The summed E-state index contributed by atoms with van der Waals surface area (Å²) in [5.74, 6) is 1.83. The summed E-state index contributed by atoms with van der Waals surface area (Å²) in [6.45, 7) is 0. The molecule has 64 heavy (non-hydrogen) atoms. The van der Waals surface area contributed by atoms with Crippen LogP contribution in [0.1, 0.15) is 0 Å². The quantitative estimate of drug-likeness (QED) is 0.168. The molecular formula is C59H37N5. The van der Waals surface area contributed by atoms with Crippen molar-refractivity contribution in [1.82, 2.24) is 24.1 Å². The van der Waals surface area contributed by atoms with Gasteiger partial charge in [0.25, 0.3) is 0 Å². The van der Waals surface area contributed by atoms with E-state index in [4.69, 9.17) is 15.0 Å². The van der Waals surface area contributed by atoms with Crippen LogP contribution in [0.3, 0.4) is 0 Å². The fourth-order valence-corrected chi connectivity index (χ4v) is 9.61. The highest BCUT2D eigenvalue weighted by atomic mass is 15.2. The number of benzene rings is 10. The molecule has 0 amide bonds. The van der Waals surface area contributed by atoms with E-state index in [1.165, 1.54) is 43.7 Å². The third-order valence-electron chi connectivity index (χ3n) is 12.8. The SMILES string of the molecule is c1ccc(-c2ccc(-n3c4ccccc4c4cc(-c5ccc6c(c5)c5ccccc5n6-c5nc(-c6ccc7ccccc7c6)nc(-c6ccc7ccccc7c6)n5)ccc43)cc2)cc1. The zero-order valence-electron chi connectivity index (χ0n) is 34.6. The van der Waals surface area contributed by atoms with Crippen molar-refractivity contribution >= 4 is 65.2 Å². The molecular weight excluding hydrogens is 779 g/mol. The molecule has 0 unspecified atom stereocenters. The predicted octanol–water partition coefficient (Wildman–Crippen LogP) is 15.0. The lowest BCUT2D eigenvalue weighted by Crippen LogP contribution is -2.06. The topological polar surface area (TPSA) is 48.5 Å². The van der Waals surface area contributed by atoms with Gasteiger partial charge in [-0.15, -0.1) is 0 Å². The Kier molecular flexibility index (Phi) is 8.15. The minimum atomic E-state index is 0.575. The van der Waals surface area contributed by atoms with Gasteiger partial charge in [-0.2, -0.15) is 9.97 Å². The number of hydrogen-bond acceptors (Lipinski definition) is 3. The first kappa shape index (κ1) is 36.0. The second kappa shape index (κ2) is 14.5. The summed E-state index contributed by atoms with van der Waals surface area (Å²) in [6.07, 6.45) is 0. The molecule has 0 spiro atoms. The van der Waals surface area contributed by atoms with Crippen molar-refractivity contribution in [2.45, 2.75) is 0 Å². The van der Waals surface area contributed by atoms with E-state index in [9.17, 15) is 0 Å². The molecule has 0 aliphatic carbocycles. The maximum atomic E-state index is 5.27. The lowest BCUT2D eigenvalue weighted by Gasteiger charge is -2.12. The fourth-order valence-electron chi connectivity index (χ4n) is 9.61. The van der Waals surface area contributed by atoms with Gasteiger partial charge in [0.05, 0.1) is 22.1 Å². The Hall–Kier alpha value is -8.67. The van der Waals surface area contributed by atoms with Crippen LogP contribution in [0.2, 0.25) is 0 Å². The zero-order chi connectivity index (χ0) is 42.1. The third-order valence-corrected chi connectivity index (χ3v) is 12.8. The van der Waals surface area contributed by atoms with Crippen molar-refractivity contribution in [3.63, 3.8) is 0 Å². The fraction of sp³-hybridized carbons (Fsp3) is 0. The molecule has 0 bridgehead atoms. The molecule has 5 heteroatoms. The minimum absolute atomic E-state index is 0.575. The highest BCUT2D eigenvalue weighted by Crippen LogP contribution is 2.39. The average molecular weight is 816 g/mol. The maximum absolute atomic E-state index is 5.27.